The first-order chi connectivity index (χ1) is 7.63. The molecule has 0 saturated heterocycles. The van der Waals surface area contributed by atoms with Crippen LogP contribution in [0, 0.1) is 18.3 Å². The molecule has 1 aliphatic rings. The highest BCUT2D eigenvalue weighted by atomic mass is 16.2. The van der Waals surface area contributed by atoms with Crippen molar-refractivity contribution in [2.75, 3.05) is 20.1 Å². The number of nitrogens with zero attached hydrogens (tertiary/aromatic N) is 1. The summed E-state index contributed by atoms with van der Waals surface area (Å²) in [5.41, 5.74) is 0. The lowest BCUT2D eigenvalue weighted by Crippen LogP contribution is -2.45. The van der Waals surface area contributed by atoms with Crippen molar-refractivity contribution in [2.45, 2.75) is 38.6 Å². The van der Waals surface area contributed by atoms with Gasteiger partial charge in [-0.15, -0.1) is 6.42 Å². The fraction of sp³-hybridized carbons (Fsp3) is 0.769. The maximum atomic E-state index is 11.7. The summed E-state index contributed by atoms with van der Waals surface area (Å²) in [7, 11) is 1.86. The molecule has 0 aliphatic heterocycles. The molecule has 2 unspecified atom stereocenters. The predicted molar refractivity (Wildman–Crippen MR) is 65.9 cm³/mol. The predicted octanol–water partition coefficient (Wildman–Crippen LogP) is 1.25. The molecule has 1 rings (SSSR count). The van der Waals surface area contributed by atoms with Crippen LogP contribution in [0.1, 0.15) is 32.6 Å². The Morgan fingerprint density at radius 3 is 2.81 bits per heavy atom. The van der Waals surface area contributed by atoms with Crippen LogP contribution in [-0.2, 0) is 4.79 Å². The van der Waals surface area contributed by atoms with Crippen LogP contribution in [0.3, 0.4) is 0 Å². The fourth-order valence-corrected chi connectivity index (χ4v) is 2.24. The van der Waals surface area contributed by atoms with Gasteiger partial charge in [-0.25, -0.2) is 0 Å². The van der Waals surface area contributed by atoms with Crippen LogP contribution < -0.4 is 5.32 Å². The minimum Gasteiger partial charge on any atom is -0.352 e. The lowest BCUT2D eigenvalue weighted by Gasteiger charge is -2.30. The number of rotatable bonds is 4. The van der Waals surface area contributed by atoms with E-state index in [1.165, 1.54) is 19.3 Å². The van der Waals surface area contributed by atoms with E-state index in [9.17, 15) is 4.79 Å². The number of amides is 1. The van der Waals surface area contributed by atoms with Crippen molar-refractivity contribution in [1.82, 2.24) is 10.2 Å². The third kappa shape index (κ3) is 4.24. The van der Waals surface area contributed by atoms with Crippen LogP contribution in [-0.4, -0.2) is 37.0 Å². The van der Waals surface area contributed by atoms with Crippen LogP contribution in [0.5, 0.6) is 0 Å². The lowest BCUT2D eigenvalue weighted by molar-refractivity contribution is -0.123. The first-order valence-corrected chi connectivity index (χ1v) is 6.05. The molecular weight excluding hydrogens is 200 g/mol. The number of carbonyl (C=O) groups is 1. The van der Waals surface area contributed by atoms with Crippen LogP contribution in [0.2, 0.25) is 0 Å². The summed E-state index contributed by atoms with van der Waals surface area (Å²) in [6, 6.07) is 0.362. The second-order valence-electron chi connectivity index (χ2n) is 4.81. The summed E-state index contributed by atoms with van der Waals surface area (Å²) >= 11 is 0. The SMILES string of the molecule is C#CCN(C)CC(=O)NC1CCCCC1C. The summed E-state index contributed by atoms with van der Waals surface area (Å²) in [6.07, 6.45) is 10.1. The van der Waals surface area contributed by atoms with Crippen molar-refractivity contribution >= 4 is 5.91 Å². The van der Waals surface area contributed by atoms with Crippen molar-refractivity contribution in [3.05, 3.63) is 0 Å². The molecule has 0 radical (unpaired) electrons. The van der Waals surface area contributed by atoms with Crippen LogP contribution in [0.15, 0.2) is 0 Å². The number of nitrogens with one attached hydrogen (secondary N) is 1. The molecule has 1 saturated carbocycles. The largest absolute Gasteiger partial charge is 0.352 e. The van der Waals surface area contributed by atoms with Crippen LogP contribution in [0.25, 0.3) is 0 Å². The Bertz CT molecular complexity index is 270. The van der Waals surface area contributed by atoms with Gasteiger partial charge < -0.3 is 5.32 Å². The average molecular weight is 222 g/mol. The second kappa shape index (κ2) is 6.55. The van der Waals surface area contributed by atoms with Gasteiger partial charge in [0.15, 0.2) is 0 Å². The van der Waals surface area contributed by atoms with Gasteiger partial charge in [-0.3, -0.25) is 9.69 Å². The summed E-state index contributed by atoms with van der Waals surface area (Å²) < 4.78 is 0. The first-order valence-electron chi connectivity index (χ1n) is 6.05. The van der Waals surface area contributed by atoms with Gasteiger partial charge in [0.2, 0.25) is 5.91 Å². The molecule has 2 atom stereocenters. The molecule has 0 aromatic rings. The third-order valence-electron chi connectivity index (χ3n) is 3.23. The molecule has 3 heteroatoms. The molecule has 1 amide bonds. The van der Waals surface area contributed by atoms with Crippen molar-refractivity contribution in [2.24, 2.45) is 5.92 Å². The molecule has 16 heavy (non-hydrogen) atoms. The standard InChI is InChI=1S/C13H22N2O/c1-4-9-15(3)10-13(16)14-12-8-6-5-7-11(12)2/h1,11-12H,5-10H2,2-3H3,(H,14,16). The second-order valence-corrected chi connectivity index (χ2v) is 4.81. The maximum absolute atomic E-state index is 11.7. The van der Waals surface area contributed by atoms with E-state index >= 15 is 0 Å². The van der Waals surface area contributed by atoms with Crippen molar-refractivity contribution in [1.29, 1.82) is 0 Å². The van der Waals surface area contributed by atoms with E-state index in [1.54, 1.807) is 0 Å². The van der Waals surface area contributed by atoms with Gasteiger partial charge in [0, 0.05) is 6.04 Å². The highest BCUT2D eigenvalue weighted by Gasteiger charge is 2.22. The fourth-order valence-electron chi connectivity index (χ4n) is 2.24. The summed E-state index contributed by atoms with van der Waals surface area (Å²) in [4.78, 5) is 13.6. The van der Waals surface area contributed by atoms with E-state index in [2.05, 4.69) is 18.2 Å². The average Bonchev–Trinajstić information content (AvgIpc) is 2.21. The first kappa shape index (κ1) is 13.1. The van der Waals surface area contributed by atoms with Gasteiger partial charge in [-0.1, -0.05) is 25.7 Å². The normalized spacial score (nSPS) is 25.1. The topological polar surface area (TPSA) is 32.3 Å². The zero-order valence-corrected chi connectivity index (χ0v) is 10.3. The van der Waals surface area contributed by atoms with Gasteiger partial charge in [-0.2, -0.15) is 0 Å². The van der Waals surface area contributed by atoms with E-state index in [0.29, 0.717) is 25.0 Å². The van der Waals surface area contributed by atoms with Crippen molar-refractivity contribution < 1.29 is 4.79 Å². The van der Waals surface area contributed by atoms with E-state index in [4.69, 9.17) is 6.42 Å². The van der Waals surface area contributed by atoms with Crippen molar-refractivity contribution in [3.63, 3.8) is 0 Å². The third-order valence-corrected chi connectivity index (χ3v) is 3.23. The Morgan fingerprint density at radius 1 is 1.50 bits per heavy atom. The molecule has 1 N–H and O–H groups in total. The van der Waals surface area contributed by atoms with Gasteiger partial charge >= 0.3 is 0 Å². The van der Waals surface area contributed by atoms with Crippen LogP contribution >= 0.6 is 0 Å². The van der Waals surface area contributed by atoms with Gasteiger partial charge in [0.1, 0.15) is 0 Å². The minimum absolute atomic E-state index is 0.0940. The van der Waals surface area contributed by atoms with Gasteiger partial charge in [0.05, 0.1) is 13.1 Å². The molecule has 0 aromatic carbocycles. The summed E-state index contributed by atoms with van der Waals surface area (Å²) in [5, 5.41) is 3.11. The molecular formula is C13H22N2O. The smallest absolute Gasteiger partial charge is 0.234 e. The number of likely N-dealkylation sites (N-methyl/N-ethyl adjacent to an activating group) is 1. The van der Waals surface area contributed by atoms with E-state index in [0.717, 1.165) is 6.42 Å². The monoisotopic (exact) mass is 222 g/mol. The molecule has 3 nitrogen and oxygen atoms in total. The van der Waals surface area contributed by atoms with E-state index in [-0.39, 0.29) is 5.91 Å². The van der Waals surface area contributed by atoms with E-state index < -0.39 is 0 Å². The summed E-state index contributed by atoms with van der Waals surface area (Å²) in [6.45, 7) is 3.14. The molecule has 0 bridgehead atoms. The lowest BCUT2D eigenvalue weighted by atomic mass is 9.86. The zero-order valence-electron chi connectivity index (χ0n) is 10.3. The molecule has 1 aliphatic carbocycles. The Labute approximate surface area is 98.6 Å². The highest BCUT2D eigenvalue weighted by molar-refractivity contribution is 5.78. The van der Waals surface area contributed by atoms with E-state index in [1.807, 2.05) is 11.9 Å². The molecule has 0 spiro atoms. The number of hydrogen-bond donors (Lipinski definition) is 1. The Kier molecular flexibility index (Phi) is 5.34. The number of hydrogen-bond acceptors (Lipinski definition) is 2. The minimum atomic E-state index is 0.0940. The van der Waals surface area contributed by atoms with Crippen molar-refractivity contribution in [3.8, 4) is 12.3 Å². The quantitative estimate of drug-likeness (QED) is 0.726. The Hall–Kier alpha value is -1.01. The Balaban J connectivity index is 2.30. The molecule has 0 aromatic heterocycles. The zero-order chi connectivity index (χ0) is 12.0. The number of terminal acetylenes is 1. The van der Waals surface area contributed by atoms with Gasteiger partial charge in [0.25, 0.3) is 0 Å². The van der Waals surface area contributed by atoms with Crippen LogP contribution in [0.4, 0.5) is 0 Å². The Morgan fingerprint density at radius 2 is 2.19 bits per heavy atom. The molecule has 0 heterocycles. The molecule has 1 fully saturated rings. The van der Waals surface area contributed by atoms with Gasteiger partial charge in [-0.05, 0) is 25.8 Å². The number of carbonyl (C=O) groups excluding carboxylic acids is 1. The molecule has 90 valence electrons. The highest BCUT2D eigenvalue weighted by Crippen LogP contribution is 2.23. The maximum Gasteiger partial charge on any atom is 0.234 e. The summed E-state index contributed by atoms with van der Waals surface area (Å²) in [5.74, 6) is 3.23.